The number of hydrogen-bond acceptors (Lipinski definition) is 16. The quantitative estimate of drug-likeness (QED) is 0.00690. The maximum Gasteiger partial charge on any atom is 0.407 e. The molecule has 2 amide bonds. The highest BCUT2D eigenvalue weighted by molar-refractivity contribution is 5.86. The number of nitrogens with two attached hydrogens (primary N) is 3. The monoisotopic (exact) mass is 1170 g/mol. The lowest BCUT2D eigenvalue weighted by atomic mass is 9.98. The van der Waals surface area contributed by atoms with E-state index in [9.17, 15) is 24.0 Å². The third kappa shape index (κ3) is 20.3. The topological polar surface area (TPSA) is 310 Å². The van der Waals surface area contributed by atoms with Crippen LogP contribution in [0.4, 0.5) is 9.59 Å². The molecule has 456 valence electrons. The highest BCUT2D eigenvalue weighted by Gasteiger charge is 2.33. The number of fused-ring (bicyclic) bond motifs is 6. The number of carbonyl (C=O) groups is 5. The van der Waals surface area contributed by atoms with Crippen LogP contribution in [0.15, 0.2) is 117 Å². The molecule has 0 spiro atoms. The van der Waals surface area contributed by atoms with Crippen molar-refractivity contribution in [2.24, 2.45) is 38.3 Å². The van der Waals surface area contributed by atoms with E-state index in [1.807, 2.05) is 107 Å². The largest absolute Gasteiger partial charge is 0.460 e. The van der Waals surface area contributed by atoms with Gasteiger partial charge in [-0.05, 0) is 138 Å². The molecule has 7 rings (SSSR count). The van der Waals surface area contributed by atoms with E-state index in [2.05, 4.69) is 60.2 Å². The summed E-state index contributed by atoms with van der Waals surface area (Å²) in [4.78, 5) is 81.8. The number of amides is 2. The fourth-order valence-electron chi connectivity index (χ4n) is 9.80. The van der Waals surface area contributed by atoms with Gasteiger partial charge in [0.1, 0.15) is 42.3 Å². The zero-order chi connectivity index (χ0) is 61.8. The van der Waals surface area contributed by atoms with Gasteiger partial charge in [0.25, 0.3) is 0 Å². The maximum absolute atomic E-state index is 13.1. The van der Waals surface area contributed by atoms with Crippen LogP contribution in [0.3, 0.4) is 0 Å². The van der Waals surface area contributed by atoms with E-state index in [4.69, 9.17) is 45.5 Å². The van der Waals surface area contributed by atoms with Crippen molar-refractivity contribution >= 4 is 47.6 Å². The number of rotatable bonds is 25. The molecule has 21 heteroatoms. The summed E-state index contributed by atoms with van der Waals surface area (Å²) in [5.74, 6) is -0.280. The van der Waals surface area contributed by atoms with Crippen molar-refractivity contribution in [1.82, 2.24) is 20.8 Å². The summed E-state index contributed by atoms with van der Waals surface area (Å²) in [7, 11) is 0. The van der Waals surface area contributed by atoms with Crippen LogP contribution >= 0.6 is 0 Å². The summed E-state index contributed by atoms with van der Waals surface area (Å²) in [6.45, 7) is 19.4. The Balaban J connectivity index is 0.000000272. The van der Waals surface area contributed by atoms with E-state index >= 15 is 0 Å². The lowest BCUT2D eigenvalue weighted by molar-refractivity contribution is -0.156. The number of carbonyl (C=O) groups excluding carboxylic acids is 5. The minimum absolute atomic E-state index is 0.0109. The first kappa shape index (κ1) is 65.5. The van der Waals surface area contributed by atoms with E-state index in [0.717, 1.165) is 63.8 Å². The van der Waals surface area contributed by atoms with Crippen LogP contribution in [0.2, 0.25) is 0 Å². The Morgan fingerprint density at radius 3 is 1.47 bits per heavy atom. The normalized spacial score (nSPS) is 14.6. The highest BCUT2D eigenvalue weighted by atomic mass is 16.7. The molecule has 85 heavy (non-hydrogen) atoms. The van der Waals surface area contributed by atoms with Gasteiger partial charge >= 0.3 is 30.1 Å². The van der Waals surface area contributed by atoms with Gasteiger partial charge in [0.2, 0.25) is 5.89 Å². The molecule has 0 saturated carbocycles. The summed E-state index contributed by atoms with van der Waals surface area (Å²) in [6, 6.07) is 30.3. The lowest BCUT2D eigenvalue weighted by Crippen LogP contribution is -2.42. The molecule has 5 aromatic rings. The van der Waals surface area contributed by atoms with E-state index < -0.39 is 47.4 Å². The standard InChI is InChI=1S/C32H43N5O6.C32H41N5O5/c1-20(11-10-18-35-21(2)33)29(34)37-43-30(39)27(16-17-28(38)42-32(3,4)5)36-31(40)41-19-26-24-14-8-6-12-22(24)23-13-7-9-15-25(23)26;1-20(11-10-18-34-21(2)33)29-36-30(42-37-29)27(16-17-28(38)41-32(3,4)5)35-31(39)40-19-26-24-14-8-6-12-22(24)23-13-7-9-15-25(23)26/h6-9,12-15,20,26-27H,10-11,16-19H2,1-5H3,(H2,33,35)(H2,34,37)(H,36,40);6-9,12-15,20,26-27H,10-11,16-19H2,1-5H3,(H2,33,34)(H,35,39)/t2*20-,27-/m00/s1. The Hall–Kier alpha value is -8.62. The summed E-state index contributed by atoms with van der Waals surface area (Å²) in [5.41, 5.74) is 24.7. The highest BCUT2D eigenvalue weighted by Crippen LogP contribution is 2.46. The second-order valence-electron chi connectivity index (χ2n) is 23.3. The molecule has 4 aromatic carbocycles. The number of nitrogens with one attached hydrogen (secondary N) is 2. The van der Waals surface area contributed by atoms with Gasteiger partial charge in [-0.1, -0.05) is 121 Å². The summed E-state index contributed by atoms with van der Waals surface area (Å²) >= 11 is 0. The van der Waals surface area contributed by atoms with Gasteiger partial charge in [0.05, 0.1) is 11.7 Å². The average molecular weight is 1170 g/mol. The molecule has 0 bridgehead atoms. The molecule has 21 nitrogen and oxygen atoms in total. The maximum atomic E-state index is 13.1. The molecule has 2 aliphatic carbocycles. The molecule has 2 aliphatic rings. The van der Waals surface area contributed by atoms with Gasteiger partial charge in [0.15, 0.2) is 5.82 Å². The molecule has 0 radical (unpaired) electrons. The Morgan fingerprint density at radius 2 is 1.02 bits per heavy atom. The van der Waals surface area contributed by atoms with E-state index in [1.54, 1.807) is 34.6 Å². The zero-order valence-corrected chi connectivity index (χ0v) is 50.6. The molecule has 0 fully saturated rings. The first-order chi connectivity index (χ1) is 40.4. The number of ether oxygens (including phenoxy) is 4. The van der Waals surface area contributed by atoms with Crippen molar-refractivity contribution in [2.45, 2.75) is 162 Å². The van der Waals surface area contributed by atoms with Crippen molar-refractivity contribution in [3.8, 4) is 22.3 Å². The van der Waals surface area contributed by atoms with Crippen molar-refractivity contribution in [3.05, 3.63) is 131 Å². The van der Waals surface area contributed by atoms with Crippen molar-refractivity contribution in [2.75, 3.05) is 26.3 Å². The first-order valence-electron chi connectivity index (χ1n) is 28.9. The van der Waals surface area contributed by atoms with Crippen LogP contribution in [0.25, 0.3) is 22.3 Å². The van der Waals surface area contributed by atoms with Gasteiger partial charge < -0.3 is 56.1 Å². The summed E-state index contributed by atoms with van der Waals surface area (Å²) < 4.78 is 27.7. The van der Waals surface area contributed by atoms with Gasteiger partial charge in [-0.25, -0.2) is 14.4 Å². The third-order valence-corrected chi connectivity index (χ3v) is 13.9. The average Bonchev–Trinajstić information content (AvgIpc) is 1.98. The molecule has 0 unspecified atom stereocenters. The minimum atomic E-state index is -1.23. The van der Waals surface area contributed by atoms with Crippen LogP contribution in [0.5, 0.6) is 0 Å². The number of benzene rings is 4. The molecule has 4 atom stereocenters. The predicted octanol–water partition coefficient (Wildman–Crippen LogP) is 10.7. The van der Waals surface area contributed by atoms with Gasteiger partial charge in [0, 0.05) is 49.6 Å². The SMILES string of the molecule is CC(N)=NCCC[C@H](C)/C(N)=N/OC(=O)[C@H](CCC(=O)OC(C)(C)C)NC(=O)OCC1c2ccccc2-c2ccccc21.CC(N)=NCCC[C@H](C)c1noc([C@H](CCC(=O)OC(C)(C)C)NC(=O)OCC2c3ccccc3-c3ccccc32)n1. The number of oxime groups is 1. The fraction of sp³-hybridized carbons (Fsp3) is 0.469. The zero-order valence-electron chi connectivity index (χ0n) is 50.6. The molecule has 1 aromatic heterocycles. The van der Waals surface area contributed by atoms with E-state index in [0.29, 0.717) is 37.0 Å². The van der Waals surface area contributed by atoms with E-state index in [-0.39, 0.29) is 80.3 Å². The van der Waals surface area contributed by atoms with Crippen LogP contribution in [0, 0.1) is 5.92 Å². The first-order valence-corrected chi connectivity index (χ1v) is 28.9. The third-order valence-electron chi connectivity index (χ3n) is 13.9. The molecule has 8 N–H and O–H groups in total. The number of amidine groups is 3. The number of alkyl carbamates (subject to hydrolysis) is 2. The lowest BCUT2D eigenvalue weighted by Gasteiger charge is -2.21. The van der Waals surface area contributed by atoms with Gasteiger partial charge in [-0.2, -0.15) is 4.98 Å². The number of hydrogen-bond donors (Lipinski definition) is 5. The number of esters is 2. The second-order valence-corrected chi connectivity index (χ2v) is 23.3. The molecule has 0 saturated heterocycles. The predicted molar refractivity (Wildman–Crippen MR) is 325 cm³/mol. The smallest absolute Gasteiger partial charge is 0.407 e. The Kier molecular flexibility index (Phi) is 23.7. The minimum Gasteiger partial charge on any atom is -0.460 e. The number of aliphatic imine (C=N–C) groups is 2. The Morgan fingerprint density at radius 1 is 0.600 bits per heavy atom. The number of aromatic nitrogens is 2. The van der Waals surface area contributed by atoms with Crippen molar-refractivity contribution in [1.29, 1.82) is 0 Å². The van der Waals surface area contributed by atoms with Crippen LogP contribution < -0.4 is 27.8 Å². The second kappa shape index (κ2) is 30.8. The fourth-order valence-corrected chi connectivity index (χ4v) is 9.80. The van der Waals surface area contributed by atoms with Crippen molar-refractivity contribution in [3.63, 3.8) is 0 Å². The Labute approximate surface area is 498 Å². The number of nitrogens with zero attached hydrogens (tertiary/aromatic N) is 5. The van der Waals surface area contributed by atoms with Gasteiger partial charge in [-0.3, -0.25) is 19.6 Å². The van der Waals surface area contributed by atoms with E-state index in [1.165, 1.54) is 0 Å². The molecule has 1 heterocycles. The Bertz CT molecular complexity index is 3080. The molecular weight excluding hydrogens is 1080 g/mol. The van der Waals surface area contributed by atoms with Crippen LogP contribution in [-0.4, -0.2) is 101 Å². The molecule has 0 aliphatic heterocycles. The van der Waals surface area contributed by atoms with Crippen LogP contribution in [0.1, 0.15) is 178 Å². The van der Waals surface area contributed by atoms with Crippen molar-refractivity contribution < 1.29 is 52.3 Å². The van der Waals surface area contributed by atoms with Gasteiger partial charge in [-0.15, -0.1) is 0 Å². The summed E-state index contributed by atoms with van der Waals surface area (Å²) in [6.07, 6.45) is 1.57. The molecular formula is C64H84N10O11. The summed E-state index contributed by atoms with van der Waals surface area (Å²) in [5, 5.41) is 13.3. The van der Waals surface area contributed by atoms with Crippen LogP contribution in [-0.2, 0) is 38.2 Å².